The summed E-state index contributed by atoms with van der Waals surface area (Å²) in [6.07, 6.45) is 0. The molecule has 0 saturated heterocycles. The topological polar surface area (TPSA) is 29.1 Å². The summed E-state index contributed by atoms with van der Waals surface area (Å²) >= 11 is 1.55. The lowest BCUT2D eigenvalue weighted by Gasteiger charge is -2.24. The molecule has 1 heterocycles. The van der Waals surface area contributed by atoms with Crippen LogP contribution in [-0.4, -0.2) is 17.4 Å². The first-order valence-corrected chi connectivity index (χ1v) is 5.68. The average molecular weight is 211 g/mol. The Balaban J connectivity index is 2.63. The molecule has 1 rings (SSSR count). The van der Waals surface area contributed by atoms with E-state index in [9.17, 15) is 4.79 Å². The van der Waals surface area contributed by atoms with Gasteiger partial charge in [-0.05, 0) is 39.1 Å². The molecule has 3 heteroatoms. The predicted octanol–water partition coefficient (Wildman–Crippen LogP) is 2.71. The van der Waals surface area contributed by atoms with Gasteiger partial charge in [0.15, 0.2) is 5.78 Å². The molecular weight excluding hydrogens is 194 g/mol. The van der Waals surface area contributed by atoms with Gasteiger partial charge in [-0.2, -0.15) is 11.3 Å². The second-order valence-corrected chi connectivity index (χ2v) is 5.27. The lowest BCUT2D eigenvalue weighted by molar-refractivity contribution is 0.0936. The number of rotatable bonds is 3. The van der Waals surface area contributed by atoms with E-state index in [1.54, 1.807) is 11.3 Å². The van der Waals surface area contributed by atoms with Gasteiger partial charge in [-0.15, -0.1) is 0 Å². The van der Waals surface area contributed by atoms with E-state index in [4.69, 9.17) is 0 Å². The Morgan fingerprint density at radius 2 is 2.14 bits per heavy atom. The van der Waals surface area contributed by atoms with Crippen molar-refractivity contribution in [3.63, 3.8) is 0 Å². The Hall–Kier alpha value is -0.670. The molecule has 1 unspecified atom stereocenters. The fraction of sp³-hybridized carbons (Fsp3) is 0.545. The number of Topliss-reactive ketones (excluding diaryl/α,β-unsaturated/α-hetero) is 1. The minimum Gasteiger partial charge on any atom is -0.303 e. The van der Waals surface area contributed by atoms with Gasteiger partial charge >= 0.3 is 0 Å². The number of carbonyl (C=O) groups excluding carboxylic acids is 1. The fourth-order valence-electron chi connectivity index (χ4n) is 1.37. The van der Waals surface area contributed by atoms with E-state index >= 15 is 0 Å². The van der Waals surface area contributed by atoms with Crippen molar-refractivity contribution in [2.24, 2.45) is 0 Å². The van der Waals surface area contributed by atoms with Crippen LogP contribution in [0.2, 0.25) is 0 Å². The highest BCUT2D eigenvalue weighted by Crippen LogP contribution is 2.10. The van der Waals surface area contributed by atoms with Crippen molar-refractivity contribution < 1.29 is 4.79 Å². The molecule has 0 aliphatic heterocycles. The van der Waals surface area contributed by atoms with Crippen molar-refractivity contribution in [3.8, 4) is 0 Å². The molecule has 0 saturated carbocycles. The van der Waals surface area contributed by atoms with E-state index in [1.165, 1.54) is 0 Å². The summed E-state index contributed by atoms with van der Waals surface area (Å²) in [6.45, 7) is 8.09. The van der Waals surface area contributed by atoms with E-state index < -0.39 is 0 Å². The predicted molar refractivity (Wildman–Crippen MR) is 61.0 cm³/mol. The quantitative estimate of drug-likeness (QED) is 0.779. The molecule has 0 fully saturated rings. The first-order chi connectivity index (χ1) is 6.40. The lowest BCUT2D eigenvalue weighted by Crippen LogP contribution is -2.45. The molecule has 1 aromatic heterocycles. The highest BCUT2D eigenvalue weighted by Gasteiger charge is 2.20. The van der Waals surface area contributed by atoms with E-state index in [0.717, 1.165) is 5.56 Å². The summed E-state index contributed by atoms with van der Waals surface area (Å²) in [5.41, 5.74) is 0.782. The summed E-state index contributed by atoms with van der Waals surface area (Å²) in [4.78, 5) is 11.8. The van der Waals surface area contributed by atoms with Gasteiger partial charge in [-0.1, -0.05) is 0 Å². The normalized spacial score (nSPS) is 14.0. The highest BCUT2D eigenvalue weighted by molar-refractivity contribution is 7.08. The number of ketones is 1. The summed E-state index contributed by atoms with van der Waals surface area (Å²) in [5.74, 6) is 0.168. The SMILES string of the molecule is CC(NC(C)(C)C)C(=O)c1ccsc1. The Morgan fingerprint density at radius 3 is 2.57 bits per heavy atom. The van der Waals surface area contributed by atoms with Crippen molar-refractivity contribution in [3.05, 3.63) is 22.4 Å². The van der Waals surface area contributed by atoms with Gasteiger partial charge in [0.05, 0.1) is 6.04 Å². The minimum absolute atomic E-state index is 0.0227. The fourth-order valence-corrected chi connectivity index (χ4v) is 2.01. The van der Waals surface area contributed by atoms with Crippen LogP contribution in [0.15, 0.2) is 16.8 Å². The molecule has 1 N–H and O–H groups in total. The molecule has 0 aromatic carbocycles. The summed E-state index contributed by atoms with van der Waals surface area (Å²) in [6, 6.07) is 1.75. The van der Waals surface area contributed by atoms with Crippen molar-refractivity contribution in [1.82, 2.24) is 5.32 Å². The Bertz CT molecular complexity index is 298. The van der Waals surface area contributed by atoms with Crippen LogP contribution in [0.1, 0.15) is 38.1 Å². The molecule has 2 nitrogen and oxygen atoms in total. The lowest BCUT2D eigenvalue weighted by atomic mass is 10.0. The molecular formula is C11H17NOS. The van der Waals surface area contributed by atoms with Gasteiger partial charge < -0.3 is 5.32 Å². The average Bonchev–Trinajstić information content (AvgIpc) is 2.51. The molecule has 14 heavy (non-hydrogen) atoms. The maximum Gasteiger partial charge on any atom is 0.180 e. The third-order valence-corrected chi connectivity index (χ3v) is 2.53. The van der Waals surface area contributed by atoms with Crippen LogP contribution in [0.3, 0.4) is 0 Å². The third kappa shape index (κ3) is 3.24. The maximum absolute atomic E-state index is 11.8. The van der Waals surface area contributed by atoms with Crippen molar-refractivity contribution >= 4 is 17.1 Å². The first kappa shape index (κ1) is 11.4. The van der Waals surface area contributed by atoms with Crippen LogP contribution in [0.5, 0.6) is 0 Å². The number of carbonyl (C=O) groups is 1. The Labute approximate surface area is 89.3 Å². The zero-order valence-corrected chi connectivity index (χ0v) is 9.94. The molecule has 1 aromatic rings. The van der Waals surface area contributed by atoms with Crippen molar-refractivity contribution in [1.29, 1.82) is 0 Å². The molecule has 0 radical (unpaired) electrons. The molecule has 0 spiro atoms. The van der Waals surface area contributed by atoms with E-state index in [-0.39, 0.29) is 17.4 Å². The van der Waals surface area contributed by atoms with Gasteiger partial charge in [-0.25, -0.2) is 0 Å². The zero-order valence-electron chi connectivity index (χ0n) is 9.13. The number of hydrogen-bond donors (Lipinski definition) is 1. The zero-order chi connectivity index (χ0) is 10.8. The molecule has 78 valence electrons. The van der Waals surface area contributed by atoms with Crippen LogP contribution in [0.25, 0.3) is 0 Å². The minimum atomic E-state index is -0.121. The molecule has 1 atom stereocenters. The van der Waals surface area contributed by atoms with Crippen LogP contribution in [0, 0.1) is 0 Å². The second-order valence-electron chi connectivity index (χ2n) is 4.49. The number of thiophene rings is 1. The summed E-state index contributed by atoms with van der Waals surface area (Å²) in [7, 11) is 0. The largest absolute Gasteiger partial charge is 0.303 e. The summed E-state index contributed by atoms with van der Waals surface area (Å²) in [5, 5.41) is 7.08. The molecule has 0 amide bonds. The van der Waals surface area contributed by atoms with Crippen LogP contribution in [0.4, 0.5) is 0 Å². The second kappa shape index (κ2) is 4.24. The highest BCUT2D eigenvalue weighted by atomic mass is 32.1. The number of hydrogen-bond acceptors (Lipinski definition) is 3. The van der Waals surface area contributed by atoms with E-state index in [0.29, 0.717) is 0 Å². The van der Waals surface area contributed by atoms with Crippen LogP contribution < -0.4 is 5.32 Å². The molecule has 0 aliphatic carbocycles. The third-order valence-electron chi connectivity index (χ3n) is 1.85. The summed E-state index contributed by atoms with van der Waals surface area (Å²) < 4.78 is 0. The van der Waals surface area contributed by atoms with E-state index in [2.05, 4.69) is 26.1 Å². The van der Waals surface area contributed by atoms with Gasteiger partial charge in [0.2, 0.25) is 0 Å². The number of nitrogens with one attached hydrogen (secondary N) is 1. The van der Waals surface area contributed by atoms with Crippen LogP contribution >= 0.6 is 11.3 Å². The van der Waals surface area contributed by atoms with Crippen molar-refractivity contribution in [2.45, 2.75) is 39.3 Å². The maximum atomic E-state index is 11.8. The van der Waals surface area contributed by atoms with Gasteiger partial charge in [0, 0.05) is 16.5 Å². The standard InChI is InChI=1S/C11H17NOS/c1-8(12-11(2,3)4)10(13)9-5-6-14-7-9/h5-8,12H,1-4H3. The Kier molecular flexibility index (Phi) is 3.45. The van der Waals surface area contributed by atoms with E-state index in [1.807, 2.05) is 23.8 Å². The van der Waals surface area contributed by atoms with Gasteiger partial charge in [0.1, 0.15) is 0 Å². The molecule has 0 aliphatic rings. The smallest absolute Gasteiger partial charge is 0.180 e. The Morgan fingerprint density at radius 1 is 1.50 bits per heavy atom. The van der Waals surface area contributed by atoms with Gasteiger partial charge in [0.25, 0.3) is 0 Å². The van der Waals surface area contributed by atoms with Crippen molar-refractivity contribution in [2.75, 3.05) is 0 Å². The molecule has 0 bridgehead atoms. The van der Waals surface area contributed by atoms with Gasteiger partial charge in [-0.3, -0.25) is 4.79 Å². The first-order valence-electron chi connectivity index (χ1n) is 4.74. The monoisotopic (exact) mass is 211 g/mol. The van der Waals surface area contributed by atoms with Crippen LogP contribution in [-0.2, 0) is 0 Å².